The fraction of sp³-hybridized carbons (Fsp3) is 0.273. The second-order valence-corrected chi connectivity index (χ2v) is 29.0. The molecule has 0 bridgehead atoms. The molecule has 11 aromatic rings. The van der Waals surface area contributed by atoms with Gasteiger partial charge in [0.25, 0.3) is 27.7 Å². The van der Waals surface area contributed by atoms with Gasteiger partial charge < -0.3 is 50.5 Å². The Labute approximate surface area is 577 Å². The van der Waals surface area contributed by atoms with Crippen molar-refractivity contribution in [1.29, 1.82) is 0 Å². The number of benzene rings is 8. The van der Waals surface area contributed by atoms with E-state index >= 15 is 0 Å². The van der Waals surface area contributed by atoms with E-state index in [1.54, 1.807) is 64.7 Å². The van der Waals surface area contributed by atoms with Gasteiger partial charge in [0, 0.05) is 120 Å². The Morgan fingerprint density at radius 1 is 0.515 bits per heavy atom. The number of piperidine rings is 3. The Bertz CT molecular complexity index is 4920. The number of aromatic nitrogens is 4. The van der Waals surface area contributed by atoms with Crippen molar-refractivity contribution in [2.75, 3.05) is 63.8 Å². The third-order valence-electron chi connectivity index (χ3n) is 20.6. The highest BCUT2D eigenvalue weighted by molar-refractivity contribution is 7.92. The molecule has 3 amide bonds. The minimum absolute atomic E-state index is 0.0128. The Morgan fingerprint density at radius 2 is 1.01 bits per heavy atom. The molecule has 17 rings (SSSR count). The van der Waals surface area contributed by atoms with Crippen molar-refractivity contribution in [2.24, 2.45) is 17.2 Å². The molecule has 3 aromatic heterocycles. The Kier molecular flexibility index (Phi) is 17.6. The summed E-state index contributed by atoms with van der Waals surface area (Å²) in [5.74, 6) is 3.42. The zero-order valence-corrected chi connectivity index (χ0v) is 56.2. The average molecular weight is 1360 g/mol. The van der Waals surface area contributed by atoms with E-state index in [9.17, 15) is 22.8 Å². The number of nitrogens with zero attached hydrogens (tertiary/aromatic N) is 7. The normalized spacial score (nSPS) is 16.8. The molecule has 9 heterocycles. The van der Waals surface area contributed by atoms with Gasteiger partial charge in [0.05, 0.1) is 57.9 Å². The number of sulfonamides is 1. The summed E-state index contributed by atoms with van der Waals surface area (Å²) in [4.78, 5) is 54.3. The van der Waals surface area contributed by atoms with Crippen LogP contribution in [0.1, 0.15) is 103 Å². The van der Waals surface area contributed by atoms with Gasteiger partial charge in [-0.3, -0.25) is 19.1 Å². The number of likely N-dealkylation sites (tertiary alicyclic amines) is 3. The summed E-state index contributed by atoms with van der Waals surface area (Å²) in [7, 11) is -3.73. The molecular weight excluding hydrogens is 1290 g/mol. The van der Waals surface area contributed by atoms with Crippen molar-refractivity contribution in [2.45, 2.75) is 79.3 Å². The van der Waals surface area contributed by atoms with Crippen LogP contribution in [0.5, 0.6) is 17.2 Å². The van der Waals surface area contributed by atoms with Crippen molar-refractivity contribution in [3.63, 3.8) is 0 Å². The summed E-state index contributed by atoms with van der Waals surface area (Å²) in [5, 5.41) is 4.47. The predicted molar refractivity (Wildman–Crippen MR) is 380 cm³/mol. The molecule has 20 nitrogen and oxygen atoms in total. The number of anilines is 1. The van der Waals surface area contributed by atoms with E-state index in [0.717, 1.165) is 124 Å². The lowest BCUT2D eigenvalue weighted by molar-refractivity contribution is 0.0640. The third kappa shape index (κ3) is 12.8. The summed E-state index contributed by atoms with van der Waals surface area (Å²) in [6.07, 6.45) is 8.82. The number of ether oxygens (including phenoxy) is 3. The van der Waals surface area contributed by atoms with Gasteiger partial charge in [-0.15, -0.1) is 11.3 Å². The predicted octanol–water partition coefficient (Wildman–Crippen LogP) is 11.5. The Morgan fingerprint density at radius 3 is 1.54 bits per heavy atom. The minimum Gasteiger partial charge on any atom is -0.492 e. The van der Waals surface area contributed by atoms with Gasteiger partial charge >= 0.3 is 0 Å². The number of nitrogens with one attached hydrogen (secondary N) is 1. The van der Waals surface area contributed by atoms with Crippen molar-refractivity contribution >= 4 is 66.1 Å². The summed E-state index contributed by atoms with van der Waals surface area (Å²) >= 11 is 1.57. The van der Waals surface area contributed by atoms with Gasteiger partial charge in [-0.05, 0) is 158 Å². The molecule has 0 radical (unpaired) electrons. The number of carbonyl (C=O) groups is 3. The zero-order valence-electron chi connectivity index (χ0n) is 54.6. The van der Waals surface area contributed by atoms with Crippen molar-refractivity contribution < 1.29 is 41.4 Å². The molecule has 0 unspecified atom stereocenters. The lowest BCUT2D eigenvalue weighted by Gasteiger charge is -2.38. The third-order valence-corrected chi connectivity index (χ3v) is 22.8. The lowest BCUT2D eigenvalue weighted by Crippen LogP contribution is -2.46. The van der Waals surface area contributed by atoms with Gasteiger partial charge in [0.15, 0.2) is 5.58 Å². The van der Waals surface area contributed by atoms with Crippen LogP contribution in [-0.4, -0.2) is 120 Å². The number of oxazole rings is 1. The maximum atomic E-state index is 13.3. The first-order valence-corrected chi connectivity index (χ1v) is 35.9. The van der Waals surface area contributed by atoms with Crippen LogP contribution in [0.2, 0.25) is 0 Å². The minimum atomic E-state index is -3.73. The SMILES string of the molecule is NCc1ccc2c(c1)C1(CCN(C(=O)c3ccc(-n4cc(-c5nc6ccccc6o5)cn4)cc3)CC1)CO2.NCc1ccc2c(c1)C1(CCN(C(=O)c3ccc4ncsc4c3)CC1)CO2.NCc1ccc2c(c1)C1(CCN(C(=O)c3cccc(NS(=O)(=O)c4ccccc4)c3)CC1)CO2. The second-order valence-electron chi connectivity index (χ2n) is 26.4. The highest BCUT2D eigenvalue weighted by Crippen LogP contribution is 2.49. The van der Waals surface area contributed by atoms with Crippen LogP contribution in [-0.2, 0) is 45.9 Å². The molecule has 0 saturated carbocycles. The van der Waals surface area contributed by atoms with E-state index in [1.165, 1.54) is 28.8 Å². The topological polar surface area (TPSA) is 270 Å². The molecule has 3 saturated heterocycles. The molecule has 8 aromatic carbocycles. The van der Waals surface area contributed by atoms with Gasteiger partial charge in [-0.2, -0.15) is 5.10 Å². The van der Waals surface area contributed by atoms with Gasteiger partial charge in [-0.1, -0.05) is 72.8 Å². The quantitative estimate of drug-likeness (QED) is 0.0937. The molecule has 504 valence electrons. The van der Waals surface area contributed by atoms with Crippen LogP contribution in [0.25, 0.3) is 38.5 Å². The Hall–Kier alpha value is -10.2. The maximum absolute atomic E-state index is 13.3. The lowest BCUT2D eigenvalue weighted by atomic mass is 9.74. The van der Waals surface area contributed by atoms with Gasteiger partial charge in [0.1, 0.15) is 22.8 Å². The monoisotopic (exact) mass is 1360 g/mol. The van der Waals surface area contributed by atoms with Crippen molar-refractivity contribution in [1.82, 2.24) is 34.4 Å². The molecule has 3 fully saturated rings. The van der Waals surface area contributed by atoms with E-state index in [2.05, 4.69) is 38.0 Å². The molecule has 99 heavy (non-hydrogen) atoms. The molecular formula is C77H75N11O9S2. The molecule has 3 spiro atoms. The smallest absolute Gasteiger partial charge is 0.261 e. The number of thiazole rings is 1. The van der Waals surface area contributed by atoms with Crippen LogP contribution in [0.4, 0.5) is 5.69 Å². The zero-order chi connectivity index (χ0) is 67.9. The first-order valence-electron chi connectivity index (χ1n) is 33.5. The molecule has 7 N–H and O–H groups in total. The van der Waals surface area contributed by atoms with Crippen LogP contribution in [0.15, 0.2) is 203 Å². The highest BCUT2D eigenvalue weighted by atomic mass is 32.2. The number of fused-ring (bicyclic) bond motifs is 8. The van der Waals surface area contributed by atoms with Crippen LogP contribution in [0, 0.1) is 0 Å². The molecule has 6 aliphatic rings. The highest BCUT2D eigenvalue weighted by Gasteiger charge is 2.47. The number of nitrogens with two attached hydrogens (primary N) is 3. The van der Waals surface area contributed by atoms with Crippen molar-refractivity contribution in [3.05, 3.63) is 244 Å². The fourth-order valence-electron chi connectivity index (χ4n) is 14.7. The van der Waals surface area contributed by atoms with Gasteiger partial charge in [0.2, 0.25) is 5.89 Å². The number of rotatable bonds is 11. The number of para-hydroxylation sites is 2. The van der Waals surface area contributed by atoms with E-state index in [-0.39, 0.29) is 38.9 Å². The fourth-order valence-corrected chi connectivity index (χ4v) is 16.4. The number of amides is 3. The van der Waals surface area contributed by atoms with E-state index in [0.29, 0.717) is 88.3 Å². The summed E-state index contributed by atoms with van der Waals surface area (Å²) in [6.45, 7) is 7.62. The van der Waals surface area contributed by atoms with Crippen LogP contribution in [0.3, 0.4) is 0 Å². The van der Waals surface area contributed by atoms with Crippen molar-refractivity contribution in [3.8, 4) is 34.4 Å². The van der Waals surface area contributed by atoms with E-state index in [1.807, 2.05) is 130 Å². The largest absolute Gasteiger partial charge is 0.492 e. The molecule has 6 aliphatic heterocycles. The standard InChI is InChI=1S/C30H27N5O3.C26H27N3O4S.C21H21N3O2S/c31-16-20-5-10-26-24(15-20)30(19-37-26)11-13-34(14-12-30)29(36)21-6-8-23(9-7-21)35-18-22(17-32-35)28-33-25-3-1-2-4-27(25)38-28;27-17-19-9-10-24-23(15-19)26(18-33-24)11-13-29(14-12-26)25(30)20-5-4-6-21(16-20)28-34(31,32)22-7-2-1-3-8-22;22-11-14-1-4-18-16(9-14)21(12-26-18)5-7-24(8-6-21)20(25)15-2-3-17-19(10-15)27-13-23-17/h1-10,15,17-18H,11-14,16,19,31H2;1-10,15-16,28H,11-14,17-18,27H2;1-4,9-10,13H,5-8,11-12,22H2. The molecule has 0 aliphatic carbocycles. The first-order chi connectivity index (χ1) is 48.2. The van der Waals surface area contributed by atoms with Crippen LogP contribution >= 0.6 is 11.3 Å². The second kappa shape index (κ2) is 26.9. The number of hydrogen-bond donors (Lipinski definition) is 4. The summed E-state index contributed by atoms with van der Waals surface area (Å²) < 4.78 is 54.5. The summed E-state index contributed by atoms with van der Waals surface area (Å²) in [5.41, 5.74) is 32.7. The van der Waals surface area contributed by atoms with E-state index < -0.39 is 10.0 Å². The molecule has 0 atom stereocenters. The summed E-state index contributed by atoms with van der Waals surface area (Å²) in [6, 6.07) is 54.4. The maximum Gasteiger partial charge on any atom is 0.261 e. The number of hydrogen-bond acceptors (Lipinski definition) is 16. The first kappa shape index (κ1) is 64.7. The Balaban J connectivity index is 0.000000123. The molecule has 22 heteroatoms. The van der Waals surface area contributed by atoms with E-state index in [4.69, 9.17) is 35.8 Å². The number of carbonyl (C=O) groups excluding carboxylic acids is 3. The van der Waals surface area contributed by atoms with Gasteiger partial charge in [-0.25, -0.2) is 23.1 Å². The average Bonchev–Trinajstić information content (AvgIpc) is 1.65. The van der Waals surface area contributed by atoms with Crippen LogP contribution < -0.4 is 36.1 Å².